The molecule has 3 aromatic rings. The molecule has 0 bridgehead atoms. The summed E-state index contributed by atoms with van der Waals surface area (Å²) in [6.07, 6.45) is 1.63. The fourth-order valence-corrected chi connectivity index (χ4v) is 4.66. The van der Waals surface area contributed by atoms with Crippen LogP contribution in [0.5, 0.6) is 0 Å². The molecule has 1 aliphatic heterocycles. The number of hydrogen-bond acceptors (Lipinski definition) is 4. The van der Waals surface area contributed by atoms with E-state index in [4.69, 9.17) is 0 Å². The SMILES string of the molecule is O=c1c([N+](=O)[O-])c(C2C[I-]2)c2cccnc2n1Cc1ccccc1. The molecule has 4 rings (SSSR count). The number of halogens is 1. The van der Waals surface area contributed by atoms with E-state index in [-0.39, 0.29) is 37.4 Å². The van der Waals surface area contributed by atoms with Gasteiger partial charge in [0.1, 0.15) is 0 Å². The average Bonchev–Trinajstić information content (AvgIpc) is 3.42. The van der Waals surface area contributed by atoms with Gasteiger partial charge in [0.15, 0.2) is 0 Å². The van der Waals surface area contributed by atoms with Crippen molar-refractivity contribution in [3.63, 3.8) is 0 Å². The Balaban J connectivity index is 2.03. The Bertz CT molecular complexity index is 997. The van der Waals surface area contributed by atoms with Crippen molar-refractivity contribution >= 4 is 16.7 Å². The first-order valence-corrected chi connectivity index (χ1v) is 10.2. The Morgan fingerprint density at radius 1 is 1.25 bits per heavy atom. The zero-order valence-electron chi connectivity index (χ0n) is 12.6. The third-order valence-electron chi connectivity index (χ3n) is 4.02. The molecule has 1 unspecified atom stereocenters. The van der Waals surface area contributed by atoms with Crippen molar-refractivity contribution in [2.45, 2.75) is 10.5 Å². The number of fused-ring (bicyclic) bond motifs is 1. The molecule has 0 N–H and O–H groups in total. The normalized spacial score (nSPS) is 16.6. The molecule has 1 saturated heterocycles. The van der Waals surface area contributed by atoms with Crippen LogP contribution in [0.4, 0.5) is 5.69 Å². The molecule has 1 fully saturated rings. The molecular formula is C17H13IN3O3-. The minimum absolute atomic E-state index is 0.0738. The summed E-state index contributed by atoms with van der Waals surface area (Å²) in [5.74, 6) is 0. The van der Waals surface area contributed by atoms with Gasteiger partial charge in [0.05, 0.1) is 0 Å². The van der Waals surface area contributed by atoms with Gasteiger partial charge in [-0.2, -0.15) is 0 Å². The molecule has 3 heterocycles. The molecule has 1 atom stereocenters. The van der Waals surface area contributed by atoms with Crippen molar-refractivity contribution in [1.29, 1.82) is 0 Å². The van der Waals surface area contributed by atoms with E-state index in [1.165, 1.54) is 4.57 Å². The fourth-order valence-electron chi connectivity index (χ4n) is 2.89. The van der Waals surface area contributed by atoms with Crippen LogP contribution in [0.25, 0.3) is 11.0 Å². The first-order valence-electron chi connectivity index (χ1n) is 7.44. The predicted octanol–water partition coefficient (Wildman–Crippen LogP) is -0.503. The number of aromatic nitrogens is 2. The number of pyridine rings is 2. The maximum absolute atomic E-state index is 12.9. The second-order valence-electron chi connectivity index (χ2n) is 5.55. The van der Waals surface area contributed by atoms with Gasteiger partial charge in [0, 0.05) is 0 Å². The summed E-state index contributed by atoms with van der Waals surface area (Å²) in [6, 6.07) is 13.1. The zero-order valence-corrected chi connectivity index (χ0v) is 14.7. The van der Waals surface area contributed by atoms with Gasteiger partial charge >= 0.3 is 148 Å². The summed E-state index contributed by atoms with van der Waals surface area (Å²) >= 11 is -0.0738. The average molecular weight is 434 g/mol. The van der Waals surface area contributed by atoms with Crippen molar-refractivity contribution in [3.8, 4) is 0 Å². The van der Waals surface area contributed by atoms with Crippen LogP contribution in [-0.4, -0.2) is 18.9 Å². The molecule has 0 spiro atoms. The van der Waals surface area contributed by atoms with E-state index in [1.54, 1.807) is 12.3 Å². The fraction of sp³-hybridized carbons (Fsp3) is 0.176. The third kappa shape index (κ3) is 2.58. The number of nitro groups is 1. The van der Waals surface area contributed by atoms with E-state index in [9.17, 15) is 14.9 Å². The van der Waals surface area contributed by atoms with Gasteiger partial charge in [-0.15, -0.1) is 0 Å². The van der Waals surface area contributed by atoms with Crippen LogP contribution >= 0.6 is 0 Å². The number of nitrogens with zero attached hydrogens (tertiary/aromatic N) is 3. The molecule has 0 saturated carbocycles. The van der Waals surface area contributed by atoms with Gasteiger partial charge in [-0.05, 0) is 0 Å². The molecule has 1 aromatic carbocycles. The molecule has 24 heavy (non-hydrogen) atoms. The molecule has 0 radical (unpaired) electrons. The molecule has 122 valence electrons. The van der Waals surface area contributed by atoms with Crippen molar-refractivity contribution in [3.05, 3.63) is 80.3 Å². The van der Waals surface area contributed by atoms with Gasteiger partial charge < -0.3 is 0 Å². The van der Waals surface area contributed by atoms with Crippen LogP contribution in [0.15, 0.2) is 53.5 Å². The standard InChI is InChI=1S/C17H13IN3O3/c22-17-15(21(23)24)14(13-9-18-13)12-7-4-8-19-16(12)20(17)10-11-5-2-1-3-6-11/h1-8,13H,9-10H2/q-1. The van der Waals surface area contributed by atoms with Gasteiger partial charge in [-0.25, -0.2) is 0 Å². The van der Waals surface area contributed by atoms with Crippen LogP contribution in [0.3, 0.4) is 0 Å². The topological polar surface area (TPSA) is 78.0 Å². The summed E-state index contributed by atoms with van der Waals surface area (Å²) < 4.78 is 2.62. The Hall–Kier alpha value is -2.29. The Morgan fingerprint density at radius 2 is 2.00 bits per heavy atom. The first kappa shape index (κ1) is 15.3. The zero-order chi connectivity index (χ0) is 16.7. The van der Waals surface area contributed by atoms with E-state index in [2.05, 4.69) is 4.98 Å². The molecule has 0 aliphatic carbocycles. The summed E-state index contributed by atoms with van der Waals surface area (Å²) in [5.41, 5.74) is 1.22. The molecule has 7 heteroatoms. The first-order chi connectivity index (χ1) is 11.7. The Kier molecular flexibility index (Phi) is 3.79. The maximum atomic E-state index is 12.9. The van der Waals surface area contributed by atoms with Crippen molar-refractivity contribution in [2.75, 3.05) is 4.43 Å². The van der Waals surface area contributed by atoms with Crippen LogP contribution in [0.1, 0.15) is 15.1 Å². The van der Waals surface area contributed by atoms with Gasteiger partial charge in [-0.1, -0.05) is 0 Å². The van der Waals surface area contributed by atoms with Gasteiger partial charge in [0.2, 0.25) is 0 Å². The van der Waals surface area contributed by atoms with Crippen LogP contribution in [0, 0.1) is 10.1 Å². The van der Waals surface area contributed by atoms with E-state index in [0.717, 1.165) is 15.4 Å². The van der Waals surface area contributed by atoms with Gasteiger partial charge in [-0.3, -0.25) is 0 Å². The van der Waals surface area contributed by atoms with Crippen LogP contribution in [-0.2, 0) is 6.54 Å². The summed E-state index contributed by atoms with van der Waals surface area (Å²) in [4.78, 5) is 28.3. The van der Waals surface area contributed by atoms with E-state index >= 15 is 0 Å². The molecule has 0 amide bonds. The predicted molar refractivity (Wildman–Crippen MR) is 85.8 cm³/mol. The van der Waals surface area contributed by atoms with Crippen molar-refractivity contribution < 1.29 is 26.1 Å². The van der Waals surface area contributed by atoms with Crippen LogP contribution < -0.4 is 26.8 Å². The van der Waals surface area contributed by atoms with E-state index < -0.39 is 10.5 Å². The summed E-state index contributed by atoms with van der Waals surface area (Å²) in [7, 11) is 0. The molecule has 6 nitrogen and oxygen atoms in total. The Morgan fingerprint density at radius 3 is 2.67 bits per heavy atom. The second kappa shape index (κ2) is 5.97. The quantitative estimate of drug-likeness (QED) is 0.240. The summed E-state index contributed by atoms with van der Waals surface area (Å²) in [5, 5.41) is 12.3. The number of benzene rings is 1. The second-order valence-corrected chi connectivity index (χ2v) is 8.81. The van der Waals surface area contributed by atoms with E-state index in [0.29, 0.717) is 11.2 Å². The minimum atomic E-state index is -0.555. The Labute approximate surface area is 147 Å². The van der Waals surface area contributed by atoms with Crippen molar-refractivity contribution in [1.82, 2.24) is 9.55 Å². The number of hydrogen-bond donors (Lipinski definition) is 0. The molecule has 2 aromatic heterocycles. The monoisotopic (exact) mass is 434 g/mol. The van der Waals surface area contributed by atoms with Crippen LogP contribution in [0.2, 0.25) is 0 Å². The number of alkyl halides is 2. The number of rotatable bonds is 4. The molecule has 1 aliphatic rings. The van der Waals surface area contributed by atoms with Gasteiger partial charge in [0.25, 0.3) is 0 Å². The summed E-state index contributed by atoms with van der Waals surface area (Å²) in [6.45, 7) is 0.272. The van der Waals surface area contributed by atoms with Crippen molar-refractivity contribution in [2.24, 2.45) is 0 Å². The molecular weight excluding hydrogens is 421 g/mol. The third-order valence-corrected chi connectivity index (χ3v) is 6.41. The van der Waals surface area contributed by atoms with E-state index in [1.807, 2.05) is 36.4 Å².